The molecule has 9 heteroatoms. The van der Waals surface area contributed by atoms with Gasteiger partial charge in [0.2, 0.25) is 10.0 Å². The number of benzene rings is 1. The van der Waals surface area contributed by atoms with Gasteiger partial charge in [0, 0.05) is 51.3 Å². The molecule has 0 bridgehead atoms. The average molecular weight is 503 g/mol. The van der Waals surface area contributed by atoms with E-state index in [0.29, 0.717) is 28.6 Å². The van der Waals surface area contributed by atoms with Gasteiger partial charge in [-0.2, -0.15) is 0 Å². The van der Waals surface area contributed by atoms with Gasteiger partial charge in [-0.3, -0.25) is 9.78 Å². The highest BCUT2D eigenvalue weighted by atomic mass is 32.2. The Kier molecular flexibility index (Phi) is 8.90. The second-order valence-electron chi connectivity index (χ2n) is 9.57. The number of pyridine rings is 1. The number of ether oxygens (including phenoxy) is 1. The fraction of sp³-hybridized carbons (Fsp3) is 0.538. The molecule has 0 atom stereocenters. The van der Waals surface area contributed by atoms with Crippen molar-refractivity contribution in [2.75, 3.05) is 52.8 Å². The monoisotopic (exact) mass is 502 g/mol. The molecule has 1 aromatic carbocycles. The lowest BCUT2D eigenvalue weighted by atomic mass is 10.0. The van der Waals surface area contributed by atoms with Crippen LogP contribution in [0.15, 0.2) is 35.4 Å². The van der Waals surface area contributed by atoms with E-state index in [1.54, 1.807) is 33.1 Å². The molecule has 35 heavy (non-hydrogen) atoms. The number of rotatable bonds is 10. The van der Waals surface area contributed by atoms with Gasteiger partial charge < -0.3 is 14.5 Å². The topological polar surface area (TPSA) is 83.0 Å². The van der Waals surface area contributed by atoms with Crippen molar-refractivity contribution in [3.8, 4) is 5.75 Å². The van der Waals surface area contributed by atoms with Gasteiger partial charge in [0.25, 0.3) is 0 Å². The quantitative estimate of drug-likeness (QED) is 0.494. The number of ketones is 1. The smallest absolute Gasteiger partial charge is 0.243 e. The molecule has 1 fully saturated rings. The Hall–Kier alpha value is -2.49. The fourth-order valence-corrected chi connectivity index (χ4v) is 6.21. The summed E-state index contributed by atoms with van der Waals surface area (Å²) in [5.74, 6) is 0.579. The zero-order chi connectivity index (χ0) is 25.8. The molecule has 0 amide bonds. The van der Waals surface area contributed by atoms with Crippen molar-refractivity contribution < 1.29 is 17.9 Å². The first-order valence-corrected chi connectivity index (χ1v) is 13.5. The Bertz CT molecular complexity index is 1100. The van der Waals surface area contributed by atoms with Crippen LogP contribution in [0.3, 0.4) is 0 Å². The number of hydrogen-bond acceptors (Lipinski definition) is 7. The summed E-state index contributed by atoms with van der Waals surface area (Å²) in [6.07, 6.45) is 4.41. The SMILES string of the molecule is COc1cc(C)c(S(=O)(=O)N(C)CCC(=O)Cc2ccc(N3CCC(N(C)C)CC3)cn2)c(C)c1. The van der Waals surface area contributed by atoms with Crippen LogP contribution in [0.25, 0.3) is 0 Å². The minimum absolute atomic E-state index is 0.0396. The Morgan fingerprint density at radius 1 is 1.11 bits per heavy atom. The van der Waals surface area contributed by atoms with E-state index in [1.165, 1.54) is 11.4 Å². The summed E-state index contributed by atoms with van der Waals surface area (Å²) in [5.41, 5.74) is 3.02. The zero-order valence-corrected chi connectivity index (χ0v) is 22.6. The van der Waals surface area contributed by atoms with Crippen LogP contribution in [-0.4, -0.2) is 82.3 Å². The third-order valence-corrected chi connectivity index (χ3v) is 8.95. The largest absolute Gasteiger partial charge is 0.497 e. The average Bonchev–Trinajstić information content (AvgIpc) is 2.82. The van der Waals surface area contributed by atoms with E-state index in [0.717, 1.165) is 31.6 Å². The van der Waals surface area contributed by atoms with Gasteiger partial charge in [-0.1, -0.05) is 0 Å². The summed E-state index contributed by atoms with van der Waals surface area (Å²) in [6.45, 7) is 5.61. The van der Waals surface area contributed by atoms with E-state index in [-0.39, 0.29) is 30.1 Å². The molecule has 2 aromatic rings. The maximum atomic E-state index is 13.1. The molecule has 0 unspecified atom stereocenters. The molecule has 0 spiro atoms. The highest BCUT2D eigenvalue weighted by Gasteiger charge is 2.26. The highest BCUT2D eigenvalue weighted by Crippen LogP contribution is 2.28. The number of sulfonamides is 1. The molecule has 1 aliphatic rings. The Balaban J connectivity index is 1.55. The number of carbonyl (C=O) groups excluding carboxylic acids is 1. The number of nitrogens with zero attached hydrogens (tertiary/aromatic N) is 4. The summed E-state index contributed by atoms with van der Waals surface area (Å²) in [6, 6.07) is 7.96. The molecule has 0 aliphatic carbocycles. The second-order valence-corrected chi connectivity index (χ2v) is 11.6. The van der Waals surface area contributed by atoms with Crippen molar-refractivity contribution in [1.82, 2.24) is 14.2 Å². The van der Waals surface area contributed by atoms with Gasteiger partial charge in [-0.25, -0.2) is 12.7 Å². The summed E-state index contributed by atoms with van der Waals surface area (Å²) in [4.78, 5) is 22.0. The molecule has 192 valence electrons. The van der Waals surface area contributed by atoms with Crippen LogP contribution in [0.1, 0.15) is 36.1 Å². The number of aryl methyl sites for hydroxylation is 2. The lowest BCUT2D eigenvalue weighted by molar-refractivity contribution is -0.118. The third-order valence-electron chi connectivity index (χ3n) is 6.79. The Labute approximate surface area is 209 Å². The molecule has 0 N–H and O–H groups in total. The van der Waals surface area contributed by atoms with Gasteiger partial charge in [-0.05, 0) is 76.2 Å². The number of Topliss-reactive ketones (excluding diaryl/α,β-unsaturated/α-hetero) is 1. The first-order valence-electron chi connectivity index (χ1n) is 12.0. The number of carbonyl (C=O) groups is 1. The molecule has 1 saturated heterocycles. The van der Waals surface area contributed by atoms with Gasteiger partial charge >= 0.3 is 0 Å². The van der Waals surface area contributed by atoms with E-state index < -0.39 is 10.0 Å². The van der Waals surface area contributed by atoms with Crippen molar-refractivity contribution in [2.45, 2.75) is 50.5 Å². The number of methoxy groups -OCH3 is 1. The summed E-state index contributed by atoms with van der Waals surface area (Å²) in [7, 11) is 3.60. The molecule has 1 aliphatic heterocycles. The molecular formula is C26H38N4O4S. The molecule has 1 aromatic heterocycles. The van der Waals surface area contributed by atoms with Crippen molar-refractivity contribution >= 4 is 21.5 Å². The first kappa shape index (κ1) is 27.1. The Morgan fingerprint density at radius 3 is 2.26 bits per heavy atom. The van der Waals surface area contributed by atoms with Crippen LogP contribution in [-0.2, 0) is 21.2 Å². The van der Waals surface area contributed by atoms with Gasteiger partial charge in [-0.15, -0.1) is 0 Å². The van der Waals surface area contributed by atoms with E-state index >= 15 is 0 Å². The number of aromatic nitrogens is 1. The third kappa shape index (κ3) is 6.59. The number of hydrogen-bond donors (Lipinski definition) is 0. The zero-order valence-electron chi connectivity index (χ0n) is 21.7. The molecule has 8 nitrogen and oxygen atoms in total. The molecular weight excluding hydrogens is 464 g/mol. The van der Waals surface area contributed by atoms with Crippen molar-refractivity contribution in [1.29, 1.82) is 0 Å². The number of piperidine rings is 1. The van der Waals surface area contributed by atoms with Gasteiger partial charge in [0.05, 0.1) is 23.9 Å². The van der Waals surface area contributed by atoms with Crippen LogP contribution in [0.4, 0.5) is 5.69 Å². The summed E-state index contributed by atoms with van der Waals surface area (Å²) >= 11 is 0. The molecule has 0 radical (unpaired) electrons. The van der Waals surface area contributed by atoms with Gasteiger partial charge in [0.1, 0.15) is 11.5 Å². The Morgan fingerprint density at radius 2 is 1.74 bits per heavy atom. The van der Waals surface area contributed by atoms with E-state index in [1.807, 2.05) is 18.3 Å². The predicted molar refractivity (Wildman–Crippen MR) is 139 cm³/mol. The van der Waals surface area contributed by atoms with Crippen LogP contribution >= 0.6 is 0 Å². The van der Waals surface area contributed by atoms with Crippen molar-refractivity contribution in [2.24, 2.45) is 0 Å². The first-order chi connectivity index (χ1) is 16.5. The molecule has 0 saturated carbocycles. The highest BCUT2D eigenvalue weighted by molar-refractivity contribution is 7.89. The fourth-order valence-electron chi connectivity index (χ4n) is 4.63. The van der Waals surface area contributed by atoms with Crippen LogP contribution < -0.4 is 9.64 Å². The summed E-state index contributed by atoms with van der Waals surface area (Å²) < 4.78 is 32.8. The lowest BCUT2D eigenvalue weighted by Crippen LogP contribution is -2.42. The number of anilines is 1. The van der Waals surface area contributed by atoms with Crippen molar-refractivity contribution in [3.05, 3.63) is 47.3 Å². The molecule has 3 rings (SSSR count). The minimum Gasteiger partial charge on any atom is -0.497 e. The lowest BCUT2D eigenvalue weighted by Gasteiger charge is -2.36. The van der Waals surface area contributed by atoms with Crippen LogP contribution in [0.5, 0.6) is 5.75 Å². The molecule has 2 heterocycles. The minimum atomic E-state index is -3.72. The van der Waals surface area contributed by atoms with Crippen LogP contribution in [0, 0.1) is 13.8 Å². The van der Waals surface area contributed by atoms with Crippen LogP contribution in [0.2, 0.25) is 0 Å². The maximum Gasteiger partial charge on any atom is 0.243 e. The normalized spacial score (nSPS) is 15.1. The van der Waals surface area contributed by atoms with E-state index in [2.05, 4.69) is 28.9 Å². The summed E-state index contributed by atoms with van der Waals surface area (Å²) in [5, 5.41) is 0. The van der Waals surface area contributed by atoms with E-state index in [4.69, 9.17) is 4.74 Å². The van der Waals surface area contributed by atoms with Crippen molar-refractivity contribution in [3.63, 3.8) is 0 Å². The predicted octanol–water partition coefficient (Wildman–Crippen LogP) is 3.06. The van der Waals surface area contributed by atoms with Gasteiger partial charge in [0.15, 0.2) is 0 Å². The van der Waals surface area contributed by atoms with E-state index in [9.17, 15) is 13.2 Å². The second kappa shape index (κ2) is 11.5. The standard InChI is InChI=1S/C26H38N4O4S/c1-19-15-25(34-6)16-20(2)26(19)35(32,33)29(5)12-11-24(31)17-21-7-8-23(18-27-21)30-13-9-22(10-14-30)28(3)4/h7-8,15-16,18,22H,9-14,17H2,1-6H3. The maximum absolute atomic E-state index is 13.1.